The van der Waals surface area contributed by atoms with Gasteiger partial charge in [0.2, 0.25) is 0 Å². The minimum Gasteiger partial charge on any atom is -0.399 e. The van der Waals surface area contributed by atoms with E-state index in [1.54, 1.807) is 0 Å². The molecule has 4 heteroatoms. The van der Waals surface area contributed by atoms with Gasteiger partial charge in [0.1, 0.15) is 0 Å². The second kappa shape index (κ2) is 6.56. The molecule has 1 aromatic heterocycles. The van der Waals surface area contributed by atoms with Crippen LogP contribution in [0.15, 0.2) is 72.8 Å². The van der Waals surface area contributed by atoms with Crippen molar-refractivity contribution in [2.45, 2.75) is 58.2 Å². The summed E-state index contributed by atoms with van der Waals surface area (Å²) in [6, 6.07) is 27.0. The van der Waals surface area contributed by atoms with E-state index in [1.165, 1.54) is 60.9 Å². The average Bonchev–Trinajstić information content (AvgIpc) is 3.36. The van der Waals surface area contributed by atoms with Crippen LogP contribution in [0.5, 0.6) is 0 Å². The second-order valence-electron chi connectivity index (χ2n) is 12.4. The van der Waals surface area contributed by atoms with Crippen molar-refractivity contribution >= 4 is 34.4 Å². The standard InChI is InChI=1S/C33H30BNO2/c1-31(2)22-17-18-24(34-36-32(3,4)33(5,6)37-34)27-21-12-8-10-14-26(21)35-25-13-9-7-11-19(25)20-15-16-23(31)29(28(22)27)30(20)35/h7-18H,1-6H3. The van der Waals surface area contributed by atoms with Crippen molar-refractivity contribution in [2.24, 2.45) is 0 Å². The van der Waals surface area contributed by atoms with Gasteiger partial charge in [0, 0.05) is 27.3 Å². The summed E-state index contributed by atoms with van der Waals surface area (Å²) >= 11 is 0. The first-order chi connectivity index (χ1) is 17.6. The zero-order valence-electron chi connectivity index (χ0n) is 22.3. The Hall–Kier alpha value is -3.34. The van der Waals surface area contributed by atoms with Crippen LogP contribution in [0.25, 0.3) is 49.7 Å². The maximum atomic E-state index is 6.65. The summed E-state index contributed by atoms with van der Waals surface area (Å²) in [5, 5.41) is 2.61. The molecule has 1 fully saturated rings. The monoisotopic (exact) mass is 483 g/mol. The number of para-hydroxylation sites is 2. The second-order valence-corrected chi connectivity index (χ2v) is 12.4. The summed E-state index contributed by atoms with van der Waals surface area (Å²) < 4.78 is 15.8. The molecular formula is C33H30BNO2. The molecule has 0 radical (unpaired) electrons. The molecule has 2 aliphatic heterocycles. The molecule has 3 heterocycles. The fraction of sp³-hybridized carbons (Fsp3) is 0.273. The molecule has 0 spiro atoms. The molecule has 1 saturated heterocycles. The van der Waals surface area contributed by atoms with E-state index in [9.17, 15) is 0 Å². The normalized spacial score (nSPS) is 19.5. The summed E-state index contributed by atoms with van der Waals surface area (Å²) in [7, 11) is -0.432. The van der Waals surface area contributed by atoms with Crippen LogP contribution in [-0.2, 0) is 14.7 Å². The third-order valence-corrected chi connectivity index (χ3v) is 9.59. The van der Waals surface area contributed by atoms with Gasteiger partial charge in [-0.2, -0.15) is 0 Å². The first kappa shape index (κ1) is 21.7. The fourth-order valence-corrected chi connectivity index (χ4v) is 6.96. The highest BCUT2D eigenvalue weighted by Gasteiger charge is 2.53. The Morgan fingerprint density at radius 2 is 1.27 bits per heavy atom. The summed E-state index contributed by atoms with van der Waals surface area (Å²) in [5.74, 6) is 0. The average molecular weight is 483 g/mol. The molecule has 182 valence electrons. The van der Waals surface area contributed by atoms with Crippen molar-refractivity contribution < 1.29 is 9.31 Å². The number of rotatable bonds is 1. The van der Waals surface area contributed by atoms with Crippen LogP contribution in [0.4, 0.5) is 0 Å². The van der Waals surface area contributed by atoms with Gasteiger partial charge in [-0.25, -0.2) is 0 Å². The van der Waals surface area contributed by atoms with Crippen molar-refractivity contribution in [1.82, 2.24) is 4.57 Å². The maximum Gasteiger partial charge on any atom is 0.495 e. The summed E-state index contributed by atoms with van der Waals surface area (Å²) in [5.41, 5.74) is 11.9. The smallest absolute Gasteiger partial charge is 0.399 e. The topological polar surface area (TPSA) is 23.4 Å². The van der Waals surface area contributed by atoms with E-state index in [0.29, 0.717) is 0 Å². The molecule has 0 saturated carbocycles. The van der Waals surface area contributed by atoms with Crippen LogP contribution in [0.2, 0.25) is 0 Å². The molecule has 8 rings (SSSR count). The molecule has 0 amide bonds. The Morgan fingerprint density at radius 1 is 0.622 bits per heavy atom. The van der Waals surface area contributed by atoms with Crippen molar-refractivity contribution in [3.8, 4) is 27.9 Å². The molecule has 37 heavy (non-hydrogen) atoms. The van der Waals surface area contributed by atoms with Crippen molar-refractivity contribution in [3.05, 3.63) is 83.9 Å². The number of benzene rings is 4. The van der Waals surface area contributed by atoms with Crippen LogP contribution in [0.1, 0.15) is 52.7 Å². The van der Waals surface area contributed by atoms with E-state index >= 15 is 0 Å². The first-order valence-corrected chi connectivity index (χ1v) is 13.3. The number of hydrogen-bond acceptors (Lipinski definition) is 2. The molecule has 4 aromatic carbocycles. The third-order valence-electron chi connectivity index (χ3n) is 9.59. The van der Waals surface area contributed by atoms with Crippen molar-refractivity contribution in [3.63, 3.8) is 0 Å². The fourth-order valence-electron chi connectivity index (χ4n) is 6.96. The van der Waals surface area contributed by atoms with E-state index in [2.05, 4.69) is 119 Å². The molecule has 0 N–H and O–H groups in total. The zero-order valence-corrected chi connectivity index (χ0v) is 22.3. The lowest BCUT2D eigenvalue weighted by Crippen LogP contribution is -2.41. The minimum atomic E-state index is -0.432. The molecule has 5 aromatic rings. The van der Waals surface area contributed by atoms with Gasteiger partial charge in [0.05, 0.1) is 27.9 Å². The van der Waals surface area contributed by atoms with Crippen molar-refractivity contribution in [2.75, 3.05) is 0 Å². The minimum absolute atomic E-state index is 0.102. The van der Waals surface area contributed by atoms with Crippen LogP contribution >= 0.6 is 0 Å². The van der Waals surface area contributed by atoms with Crippen molar-refractivity contribution in [1.29, 1.82) is 0 Å². The van der Waals surface area contributed by atoms with Gasteiger partial charge in [-0.15, -0.1) is 0 Å². The molecule has 0 atom stereocenters. The Labute approximate surface area is 218 Å². The molecule has 3 aliphatic rings. The lowest BCUT2D eigenvalue weighted by molar-refractivity contribution is 0.00578. The van der Waals surface area contributed by atoms with Gasteiger partial charge in [-0.3, -0.25) is 0 Å². The van der Waals surface area contributed by atoms with E-state index in [-0.39, 0.29) is 5.41 Å². The number of nitrogens with zero attached hydrogens (tertiary/aromatic N) is 1. The van der Waals surface area contributed by atoms with E-state index in [4.69, 9.17) is 9.31 Å². The van der Waals surface area contributed by atoms with E-state index in [0.717, 1.165) is 5.46 Å². The summed E-state index contributed by atoms with van der Waals surface area (Å²) in [6.45, 7) is 13.2. The number of aromatic nitrogens is 1. The highest BCUT2D eigenvalue weighted by atomic mass is 16.7. The largest absolute Gasteiger partial charge is 0.495 e. The quantitative estimate of drug-likeness (QED) is 0.228. The lowest BCUT2D eigenvalue weighted by atomic mass is 9.71. The molecule has 0 bridgehead atoms. The lowest BCUT2D eigenvalue weighted by Gasteiger charge is -2.32. The molecule has 1 aliphatic carbocycles. The Morgan fingerprint density at radius 3 is 2.05 bits per heavy atom. The molecular weight excluding hydrogens is 453 g/mol. The zero-order chi connectivity index (χ0) is 25.5. The predicted octanol–water partition coefficient (Wildman–Crippen LogP) is 7.37. The summed E-state index contributed by atoms with van der Waals surface area (Å²) in [6.07, 6.45) is 0. The van der Waals surface area contributed by atoms with Gasteiger partial charge in [0.25, 0.3) is 0 Å². The highest BCUT2D eigenvalue weighted by Crippen LogP contribution is 2.57. The van der Waals surface area contributed by atoms with Gasteiger partial charge in [0.15, 0.2) is 0 Å². The van der Waals surface area contributed by atoms with Gasteiger partial charge in [-0.1, -0.05) is 74.5 Å². The van der Waals surface area contributed by atoms with Crippen LogP contribution in [0, 0.1) is 0 Å². The van der Waals surface area contributed by atoms with Gasteiger partial charge >= 0.3 is 7.12 Å². The SMILES string of the molecule is CC1(C)c2ccc(B3OC(C)(C)C(C)(C)O3)c3c2-c2c1ccc1c4ccccc4n(c21)-c1ccccc1-3. The van der Waals surface area contributed by atoms with Crippen LogP contribution in [0.3, 0.4) is 0 Å². The Balaban J connectivity index is 1.58. The predicted molar refractivity (Wildman–Crippen MR) is 153 cm³/mol. The Kier molecular flexibility index (Phi) is 3.85. The third kappa shape index (κ3) is 2.46. The first-order valence-electron chi connectivity index (χ1n) is 13.3. The van der Waals surface area contributed by atoms with Gasteiger partial charge in [-0.05, 0) is 67.5 Å². The van der Waals surface area contributed by atoms with Crippen LogP contribution < -0.4 is 5.46 Å². The summed E-state index contributed by atoms with van der Waals surface area (Å²) in [4.78, 5) is 0. The molecule has 3 nitrogen and oxygen atoms in total. The number of hydrogen-bond donors (Lipinski definition) is 0. The van der Waals surface area contributed by atoms with Gasteiger partial charge < -0.3 is 13.9 Å². The van der Waals surface area contributed by atoms with E-state index in [1.807, 2.05) is 0 Å². The maximum absolute atomic E-state index is 6.65. The molecule has 0 unspecified atom stereocenters. The van der Waals surface area contributed by atoms with Crippen LogP contribution in [-0.4, -0.2) is 22.9 Å². The number of fused-ring (bicyclic) bond motifs is 6. The van der Waals surface area contributed by atoms with E-state index < -0.39 is 18.3 Å². The Bertz CT molecular complexity index is 1810. The highest BCUT2D eigenvalue weighted by molar-refractivity contribution is 6.64.